The Morgan fingerprint density at radius 1 is 1.25 bits per heavy atom. The smallest absolute Gasteiger partial charge is 0.408 e. The van der Waals surface area contributed by atoms with E-state index < -0.39 is 23.3 Å². The number of aromatic nitrogens is 2. The molecule has 1 aromatic heterocycles. The van der Waals surface area contributed by atoms with Gasteiger partial charge in [0.2, 0.25) is 0 Å². The van der Waals surface area contributed by atoms with Crippen LogP contribution < -0.4 is 10.9 Å². The zero-order valence-corrected chi connectivity index (χ0v) is 19.6. The molecule has 3 rings (SSSR count). The largest absolute Gasteiger partial charge is 0.444 e. The van der Waals surface area contributed by atoms with Crippen molar-refractivity contribution in [1.82, 2.24) is 14.9 Å². The summed E-state index contributed by atoms with van der Waals surface area (Å²) < 4.78 is 6.72. The highest BCUT2D eigenvalue weighted by atomic mass is 35.5. The van der Waals surface area contributed by atoms with E-state index in [1.807, 2.05) is 6.92 Å². The standard InChI is InChI=1S/C23H22Cl2N4O3/c1-5-17(27-22(31)32-23(2,3)4)20-28-19-16(25)10-9-15(24)18(19)21(30)29(20)14-8-6-7-13(11-14)12-26/h6-11,17H,5H2,1-4H3,(H,27,31)/t17-/m0/s1. The number of nitriles is 1. The summed E-state index contributed by atoms with van der Waals surface area (Å²) in [6, 6.07) is 11.0. The number of amides is 1. The second-order valence-electron chi connectivity index (χ2n) is 8.13. The maximum atomic E-state index is 13.6. The molecule has 166 valence electrons. The summed E-state index contributed by atoms with van der Waals surface area (Å²) >= 11 is 12.7. The number of hydrogen-bond acceptors (Lipinski definition) is 5. The van der Waals surface area contributed by atoms with E-state index in [4.69, 9.17) is 27.9 Å². The number of halogens is 2. The zero-order chi connectivity index (χ0) is 23.6. The van der Waals surface area contributed by atoms with Gasteiger partial charge in [0.15, 0.2) is 0 Å². The molecule has 0 aliphatic carbocycles. The molecule has 0 aliphatic heterocycles. The van der Waals surface area contributed by atoms with Gasteiger partial charge in [-0.2, -0.15) is 5.26 Å². The molecule has 0 spiro atoms. The number of alkyl carbamates (subject to hydrolysis) is 1. The van der Waals surface area contributed by atoms with Gasteiger partial charge in [-0.1, -0.05) is 36.2 Å². The van der Waals surface area contributed by atoms with E-state index in [0.29, 0.717) is 17.7 Å². The van der Waals surface area contributed by atoms with Crippen molar-refractivity contribution < 1.29 is 9.53 Å². The Kier molecular flexibility index (Phi) is 6.77. The predicted octanol–water partition coefficient (Wildman–Crippen LogP) is 5.54. The maximum Gasteiger partial charge on any atom is 0.408 e. The number of nitrogens with zero attached hydrogens (tertiary/aromatic N) is 3. The van der Waals surface area contributed by atoms with Crippen molar-refractivity contribution in [2.75, 3.05) is 0 Å². The predicted molar refractivity (Wildman–Crippen MR) is 124 cm³/mol. The first-order chi connectivity index (χ1) is 15.1. The Labute approximate surface area is 195 Å². The summed E-state index contributed by atoms with van der Waals surface area (Å²) in [5.41, 5.74) is -0.144. The van der Waals surface area contributed by atoms with Gasteiger partial charge in [-0.25, -0.2) is 9.78 Å². The number of hydrogen-bond donors (Lipinski definition) is 1. The average Bonchev–Trinajstić information content (AvgIpc) is 2.73. The van der Waals surface area contributed by atoms with E-state index in [0.717, 1.165) is 0 Å². The SMILES string of the molecule is CC[C@H](NC(=O)OC(C)(C)C)c1nc2c(Cl)ccc(Cl)c2c(=O)n1-c1cccc(C#N)c1. The highest BCUT2D eigenvalue weighted by Gasteiger charge is 2.26. The van der Waals surface area contributed by atoms with Crippen LogP contribution in [0.3, 0.4) is 0 Å². The van der Waals surface area contributed by atoms with Gasteiger partial charge < -0.3 is 10.1 Å². The van der Waals surface area contributed by atoms with Crippen LogP contribution in [0.1, 0.15) is 51.5 Å². The van der Waals surface area contributed by atoms with Crippen LogP contribution in [0.15, 0.2) is 41.2 Å². The molecule has 0 aliphatic rings. The Morgan fingerprint density at radius 3 is 2.56 bits per heavy atom. The van der Waals surface area contributed by atoms with Gasteiger partial charge in [0.05, 0.1) is 44.3 Å². The number of rotatable bonds is 4. The van der Waals surface area contributed by atoms with Crippen LogP contribution in [0.2, 0.25) is 10.0 Å². The lowest BCUT2D eigenvalue weighted by molar-refractivity contribution is 0.0499. The monoisotopic (exact) mass is 472 g/mol. The van der Waals surface area contributed by atoms with Gasteiger partial charge in [0.1, 0.15) is 11.4 Å². The normalized spacial score (nSPS) is 12.3. The van der Waals surface area contributed by atoms with Crippen LogP contribution in [-0.2, 0) is 4.74 Å². The molecule has 1 N–H and O–H groups in total. The first-order valence-electron chi connectivity index (χ1n) is 9.96. The summed E-state index contributed by atoms with van der Waals surface area (Å²) in [4.78, 5) is 30.7. The number of ether oxygens (including phenoxy) is 1. The zero-order valence-electron chi connectivity index (χ0n) is 18.1. The molecule has 0 fully saturated rings. The fourth-order valence-electron chi connectivity index (χ4n) is 3.23. The maximum absolute atomic E-state index is 13.6. The quantitative estimate of drug-likeness (QED) is 0.537. The lowest BCUT2D eigenvalue weighted by Gasteiger charge is -2.25. The molecule has 0 bridgehead atoms. The molecule has 0 saturated carbocycles. The molecule has 32 heavy (non-hydrogen) atoms. The van der Waals surface area contributed by atoms with E-state index >= 15 is 0 Å². The highest BCUT2D eigenvalue weighted by molar-refractivity contribution is 6.39. The van der Waals surface area contributed by atoms with Crippen LogP contribution in [0.5, 0.6) is 0 Å². The third kappa shape index (κ3) is 4.87. The fraction of sp³-hybridized carbons (Fsp3) is 0.304. The molecular formula is C23H22Cl2N4O3. The number of fused-ring (bicyclic) bond motifs is 1. The number of nitrogens with one attached hydrogen (secondary N) is 1. The van der Waals surface area contributed by atoms with Crippen molar-refractivity contribution in [2.45, 2.75) is 45.8 Å². The lowest BCUT2D eigenvalue weighted by atomic mass is 10.1. The van der Waals surface area contributed by atoms with Crippen molar-refractivity contribution in [3.8, 4) is 11.8 Å². The van der Waals surface area contributed by atoms with Crippen molar-refractivity contribution in [1.29, 1.82) is 5.26 Å². The second-order valence-corrected chi connectivity index (χ2v) is 8.95. The Bertz CT molecular complexity index is 1290. The van der Waals surface area contributed by atoms with Crippen LogP contribution in [0, 0.1) is 11.3 Å². The number of benzene rings is 2. The Morgan fingerprint density at radius 2 is 1.94 bits per heavy atom. The fourth-order valence-corrected chi connectivity index (χ4v) is 3.66. The molecule has 7 nitrogen and oxygen atoms in total. The molecule has 2 aromatic carbocycles. The minimum Gasteiger partial charge on any atom is -0.444 e. The lowest BCUT2D eigenvalue weighted by Crippen LogP contribution is -2.37. The van der Waals surface area contributed by atoms with Crippen LogP contribution in [0.4, 0.5) is 4.79 Å². The first kappa shape index (κ1) is 23.6. The molecule has 9 heteroatoms. The molecule has 0 saturated heterocycles. The first-order valence-corrected chi connectivity index (χ1v) is 10.7. The minimum atomic E-state index is -0.698. The number of carbonyl (C=O) groups excluding carboxylic acids is 1. The molecule has 0 unspecified atom stereocenters. The van der Waals surface area contributed by atoms with E-state index in [1.165, 1.54) is 10.6 Å². The highest BCUT2D eigenvalue weighted by Crippen LogP contribution is 2.29. The van der Waals surface area contributed by atoms with Gasteiger partial charge >= 0.3 is 6.09 Å². The van der Waals surface area contributed by atoms with Crippen molar-refractivity contribution in [2.24, 2.45) is 0 Å². The topological polar surface area (TPSA) is 97.0 Å². The number of carbonyl (C=O) groups is 1. The van der Waals surface area contributed by atoms with Crippen molar-refractivity contribution >= 4 is 40.2 Å². The molecule has 3 aromatic rings. The molecular weight excluding hydrogens is 451 g/mol. The van der Waals surface area contributed by atoms with Gasteiger partial charge in [-0.15, -0.1) is 0 Å². The van der Waals surface area contributed by atoms with E-state index in [9.17, 15) is 14.9 Å². The summed E-state index contributed by atoms with van der Waals surface area (Å²) in [6.07, 6.45) is -0.235. The van der Waals surface area contributed by atoms with Crippen LogP contribution in [-0.4, -0.2) is 21.2 Å². The Balaban J connectivity index is 2.30. The molecule has 1 heterocycles. The summed E-state index contributed by atoms with van der Waals surface area (Å²) in [5.74, 6) is 0.245. The van der Waals surface area contributed by atoms with Crippen LogP contribution >= 0.6 is 23.2 Å². The van der Waals surface area contributed by atoms with E-state index in [1.54, 1.807) is 51.1 Å². The second kappa shape index (κ2) is 9.19. The summed E-state index contributed by atoms with van der Waals surface area (Å²) in [6.45, 7) is 7.11. The van der Waals surface area contributed by atoms with E-state index in [2.05, 4.69) is 16.4 Å². The van der Waals surface area contributed by atoms with E-state index in [-0.39, 0.29) is 26.8 Å². The minimum absolute atomic E-state index is 0.150. The summed E-state index contributed by atoms with van der Waals surface area (Å²) in [5, 5.41) is 12.7. The van der Waals surface area contributed by atoms with Gasteiger partial charge in [-0.3, -0.25) is 9.36 Å². The van der Waals surface area contributed by atoms with Crippen molar-refractivity contribution in [3.05, 3.63) is 68.2 Å². The summed E-state index contributed by atoms with van der Waals surface area (Å²) in [7, 11) is 0. The van der Waals surface area contributed by atoms with Gasteiger partial charge in [0, 0.05) is 0 Å². The van der Waals surface area contributed by atoms with Gasteiger partial charge in [-0.05, 0) is 57.5 Å². The van der Waals surface area contributed by atoms with Crippen molar-refractivity contribution in [3.63, 3.8) is 0 Å². The van der Waals surface area contributed by atoms with Gasteiger partial charge in [0.25, 0.3) is 5.56 Å². The molecule has 1 amide bonds. The average molecular weight is 473 g/mol. The third-order valence-electron chi connectivity index (χ3n) is 4.59. The molecule has 0 radical (unpaired) electrons. The molecule has 1 atom stereocenters. The van der Waals surface area contributed by atoms with Crippen LogP contribution in [0.25, 0.3) is 16.6 Å². The third-order valence-corrected chi connectivity index (χ3v) is 5.21. The Hall–Kier alpha value is -3.08.